The predicted octanol–water partition coefficient (Wildman–Crippen LogP) is 3.83. The van der Waals surface area contributed by atoms with Crippen molar-refractivity contribution in [2.24, 2.45) is 4.99 Å². The highest BCUT2D eigenvalue weighted by molar-refractivity contribution is 14.0. The van der Waals surface area contributed by atoms with Crippen LogP contribution in [0.4, 0.5) is 0 Å². The summed E-state index contributed by atoms with van der Waals surface area (Å²) in [5, 5.41) is 6.74. The molecular weight excluding hydrogens is 437 g/mol. The van der Waals surface area contributed by atoms with Crippen molar-refractivity contribution in [3.8, 4) is 0 Å². The molecule has 0 aliphatic carbocycles. The lowest BCUT2D eigenvalue weighted by molar-refractivity contribution is 0.152. The van der Waals surface area contributed by atoms with Gasteiger partial charge in [0.2, 0.25) is 0 Å². The fourth-order valence-corrected chi connectivity index (χ4v) is 2.76. The van der Waals surface area contributed by atoms with Crippen molar-refractivity contribution in [1.29, 1.82) is 0 Å². The van der Waals surface area contributed by atoms with Gasteiger partial charge in [0.1, 0.15) is 0 Å². The molecule has 0 amide bonds. The molecule has 0 saturated heterocycles. The Bertz CT molecular complexity index is 620. The Morgan fingerprint density at radius 2 is 1.65 bits per heavy atom. The van der Waals surface area contributed by atoms with Crippen molar-refractivity contribution in [2.75, 3.05) is 33.4 Å². The van der Waals surface area contributed by atoms with Crippen molar-refractivity contribution in [2.45, 2.75) is 19.3 Å². The minimum Gasteiger partial charge on any atom is -0.380 e. The number of nitrogens with one attached hydrogen (secondary N) is 2. The lowest BCUT2D eigenvalue weighted by Gasteiger charge is -2.20. The zero-order valence-electron chi connectivity index (χ0n) is 15.7. The minimum atomic E-state index is 0. The Labute approximate surface area is 174 Å². The molecule has 0 bridgehead atoms. The topological polar surface area (TPSA) is 45.6 Å². The van der Waals surface area contributed by atoms with Gasteiger partial charge in [-0.2, -0.15) is 0 Å². The van der Waals surface area contributed by atoms with Gasteiger partial charge in [-0.3, -0.25) is 4.99 Å². The van der Waals surface area contributed by atoms with Gasteiger partial charge in [-0.15, -0.1) is 24.0 Å². The first-order valence-corrected chi connectivity index (χ1v) is 8.94. The molecule has 2 rings (SSSR count). The standard InChI is InChI=1S/C21H29N3O.HI/c1-3-25-15-14-23-21(22-2)24-17-20(19-12-8-5-9-13-19)16-18-10-6-4-7-11-18;/h4-13,20H,3,14-17H2,1-2H3,(H2,22,23,24);1H. The van der Waals surface area contributed by atoms with Crippen LogP contribution in [0.15, 0.2) is 65.7 Å². The first-order valence-electron chi connectivity index (χ1n) is 8.94. The van der Waals surface area contributed by atoms with Gasteiger partial charge in [0.05, 0.1) is 6.61 Å². The van der Waals surface area contributed by atoms with Crippen LogP contribution in [-0.4, -0.2) is 39.3 Å². The largest absolute Gasteiger partial charge is 0.380 e. The number of nitrogens with zero attached hydrogens (tertiary/aromatic N) is 1. The minimum absolute atomic E-state index is 0. The SMILES string of the molecule is CCOCCNC(=NC)NCC(Cc1ccccc1)c1ccccc1.I. The summed E-state index contributed by atoms with van der Waals surface area (Å²) in [6.07, 6.45) is 0.994. The van der Waals surface area contributed by atoms with Crippen molar-refractivity contribution < 1.29 is 4.74 Å². The molecular formula is C21H30IN3O. The molecule has 2 aromatic carbocycles. The molecule has 0 radical (unpaired) electrons. The number of rotatable bonds is 9. The number of hydrogen-bond acceptors (Lipinski definition) is 2. The molecule has 1 atom stereocenters. The Hall–Kier alpha value is -1.60. The molecule has 4 nitrogen and oxygen atoms in total. The third-order valence-corrected chi connectivity index (χ3v) is 4.08. The summed E-state index contributed by atoms with van der Waals surface area (Å²) < 4.78 is 5.36. The lowest BCUT2D eigenvalue weighted by atomic mass is 9.92. The molecule has 0 heterocycles. The second kappa shape index (κ2) is 13.6. The summed E-state index contributed by atoms with van der Waals surface area (Å²) in [5.74, 6) is 1.20. The summed E-state index contributed by atoms with van der Waals surface area (Å²) in [5.41, 5.74) is 2.68. The number of ether oxygens (including phenoxy) is 1. The molecule has 1 unspecified atom stereocenters. The van der Waals surface area contributed by atoms with E-state index in [9.17, 15) is 0 Å². The highest BCUT2D eigenvalue weighted by Crippen LogP contribution is 2.20. The zero-order valence-corrected chi connectivity index (χ0v) is 18.0. The van der Waals surface area contributed by atoms with Crippen LogP contribution in [0.2, 0.25) is 0 Å². The van der Waals surface area contributed by atoms with E-state index >= 15 is 0 Å². The third-order valence-electron chi connectivity index (χ3n) is 4.08. The maximum absolute atomic E-state index is 5.36. The number of guanidine groups is 1. The van der Waals surface area contributed by atoms with E-state index in [0.717, 1.165) is 32.1 Å². The second-order valence-electron chi connectivity index (χ2n) is 5.87. The van der Waals surface area contributed by atoms with E-state index in [1.165, 1.54) is 11.1 Å². The van der Waals surface area contributed by atoms with Crippen LogP contribution in [0.5, 0.6) is 0 Å². The van der Waals surface area contributed by atoms with Crippen LogP contribution in [-0.2, 0) is 11.2 Å². The molecule has 0 fully saturated rings. The molecule has 0 spiro atoms. The molecule has 26 heavy (non-hydrogen) atoms. The monoisotopic (exact) mass is 467 g/mol. The van der Waals surface area contributed by atoms with Crippen molar-refractivity contribution in [3.63, 3.8) is 0 Å². The van der Waals surface area contributed by atoms with E-state index in [-0.39, 0.29) is 24.0 Å². The molecule has 0 aromatic heterocycles. The Balaban J connectivity index is 0.00000338. The van der Waals surface area contributed by atoms with E-state index in [1.807, 2.05) is 6.92 Å². The molecule has 0 aliphatic heterocycles. The van der Waals surface area contributed by atoms with Gasteiger partial charge < -0.3 is 15.4 Å². The normalized spacial score (nSPS) is 12.2. The smallest absolute Gasteiger partial charge is 0.191 e. The van der Waals surface area contributed by atoms with Gasteiger partial charge >= 0.3 is 0 Å². The van der Waals surface area contributed by atoms with E-state index in [2.05, 4.69) is 76.3 Å². The van der Waals surface area contributed by atoms with Crippen molar-refractivity contribution in [1.82, 2.24) is 10.6 Å². The molecule has 5 heteroatoms. The first-order chi connectivity index (χ1) is 12.3. The van der Waals surface area contributed by atoms with Crippen LogP contribution in [0, 0.1) is 0 Å². The molecule has 142 valence electrons. The summed E-state index contributed by atoms with van der Waals surface area (Å²) in [6.45, 7) is 5.00. The average molecular weight is 467 g/mol. The van der Waals surface area contributed by atoms with Crippen LogP contribution in [0.1, 0.15) is 24.0 Å². The van der Waals surface area contributed by atoms with E-state index in [0.29, 0.717) is 12.5 Å². The van der Waals surface area contributed by atoms with Gasteiger partial charge in [0.25, 0.3) is 0 Å². The number of hydrogen-bond donors (Lipinski definition) is 2. The molecule has 0 saturated carbocycles. The fraction of sp³-hybridized carbons (Fsp3) is 0.381. The number of benzene rings is 2. The Kier molecular flexibility index (Phi) is 11.7. The highest BCUT2D eigenvalue weighted by Gasteiger charge is 2.13. The van der Waals surface area contributed by atoms with Gasteiger partial charge in [-0.05, 0) is 24.5 Å². The molecule has 2 aromatic rings. The number of aliphatic imine (C=N–C) groups is 1. The maximum Gasteiger partial charge on any atom is 0.191 e. The Morgan fingerprint density at radius 1 is 1.00 bits per heavy atom. The van der Waals surface area contributed by atoms with Gasteiger partial charge in [-0.1, -0.05) is 60.7 Å². The number of halogens is 1. The van der Waals surface area contributed by atoms with Crippen LogP contribution >= 0.6 is 24.0 Å². The summed E-state index contributed by atoms with van der Waals surface area (Å²) in [6, 6.07) is 21.3. The van der Waals surface area contributed by atoms with Gasteiger partial charge in [0, 0.05) is 32.7 Å². The van der Waals surface area contributed by atoms with Crippen molar-refractivity contribution in [3.05, 3.63) is 71.8 Å². The predicted molar refractivity (Wildman–Crippen MR) is 121 cm³/mol. The fourth-order valence-electron chi connectivity index (χ4n) is 2.76. The van der Waals surface area contributed by atoms with Crippen LogP contribution in [0.3, 0.4) is 0 Å². The van der Waals surface area contributed by atoms with E-state index in [4.69, 9.17) is 4.74 Å². The first kappa shape index (κ1) is 22.4. The maximum atomic E-state index is 5.36. The average Bonchev–Trinajstić information content (AvgIpc) is 2.68. The van der Waals surface area contributed by atoms with E-state index in [1.54, 1.807) is 7.05 Å². The lowest BCUT2D eigenvalue weighted by Crippen LogP contribution is -2.41. The molecule has 0 aliphatic rings. The Morgan fingerprint density at radius 3 is 2.27 bits per heavy atom. The summed E-state index contributed by atoms with van der Waals surface area (Å²) in [4.78, 5) is 4.30. The quantitative estimate of drug-likeness (QED) is 0.255. The third kappa shape index (κ3) is 8.19. The van der Waals surface area contributed by atoms with Gasteiger partial charge in [-0.25, -0.2) is 0 Å². The van der Waals surface area contributed by atoms with E-state index < -0.39 is 0 Å². The zero-order chi connectivity index (χ0) is 17.7. The highest BCUT2D eigenvalue weighted by atomic mass is 127. The molecule has 2 N–H and O–H groups in total. The van der Waals surface area contributed by atoms with Crippen LogP contribution in [0.25, 0.3) is 0 Å². The second-order valence-corrected chi connectivity index (χ2v) is 5.87. The summed E-state index contributed by atoms with van der Waals surface area (Å²) >= 11 is 0. The van der Waals surface area contributed by atoms with Gasteiger partial charge in [0.15, 0.2) is 5.96 Å². The van der Waals surface area contributed by atoms with Crippen LogP contribution < -0.4 is 10.6 Å². The van der Waals surface area contributed by atoms with Crippen molar-refractivity contribution >= 4 is 29.9 Å². The summed E-state index contributed by atoms with van der Waals surface area (Å²) in [7, 11) is 1.80.